The molecule has 0 spiro atoms. The third-order valence-corrected chi connectivity index (χ3v) is 8.74. The number of piperidine rings is 2. The molecule has 10 heteroatoms. The molecule has 3 fully saturated rings. The Morgan fingerprint density at radius 2 is 1.88 bits per heavy atom. The van der Waals surface area contributed by atoms with Crippen LogP contribution >= 0.6 is 0 Å². The van der Waals surface area contributed by atoms with Gasteiger partial charge in [-0.1, -0.05) is 30.3 Å². The van der Waals surface area contributed by atoms with E-state index in [1.54, 1.807) is 13.1 Å². The smallest absolute Gasteiger partial charge is 0.245 e. The monoisotopic (exact) mass is 558 g/mol. The molecule has 3 saturated heterocycles. The van der Waals surface area contributed by atoms with E-state index >= 15 is 0 Å². The number of aryl methyl sites for hydroxylation is 1. The molecule has 41 heavy (non-hydrogen) atoms. The van der Waals surface area contributed by atoms with E-state index in [2.05, 4.69) is 25.5 Å². The Hall–Kier alpha value is -3.79. The molecular weight excluding hydrogens is 520 g/mol. The normalized spacial score (nSPS) is 27.9. The van der Waals surface area contributed by atoms with Crippen molar-refractivity contribution >= 4 is 29.0 Å². The molecule has 0 saturated carbocycles. The summed E-state index contributed by atoms with van der Waals surface area (Å²) in [7, 11) is 0. The minimum atomic E-state index is -0.676. The molecule has 6 rings (SSSR count). The Bertz CT molecular complexity index is 1360. The highest BCUT2D eigenvalue weighted by atomic mass is 16.3. The molecule has 216 valence electrons. The summed E-state index contributed by atoms with van der Waals surface area (Å²) >= 11 is 0. The van der Waals surface area contributed by atoms with E-state index in [0.717, 1.165) is 31.5 Å². The van der Waals surface area contributed by atoms with Gasteiger partial charge in [-0.3, -0.25) is 19.3 Å². The van der Waals surface area contributed by atoms with Crippen LogP contribution in [-0.4, -0.2) is 75.2 Å². The maximum atomic E-state index is 13.8. The van der Waals surface area contributed by atoms with Crippen molar-refractivity contribution in [3.05, 3.63) is 60.1 Å². The van der Waals surface area contributed by atoms with Gasteiger partial charge in [0.15, 0.2) is 11.2 Å². The van der Waals surface area contributed by atoms with Gasteiger partial charge >= 0.3 is 0 Å². The zero-order valence-electron chi connectivity index (χ0n) is 23.5. The van der Waals surface area contributed by atoms with Gasteiger partial charge in [-0.2, -0.15) is 4.98 Å². The number of hydrogen-bond acceptors (Lipinski definition) is 7. The lowest BCUT2D eigenvalue weighted by Gasteiger charge is -2.51. The number of hydrogen-bond donors (Lipinski definition) is 2. The zero-order chi connectivity index (χ0) is 28.3. The number of fused-ring (bicyclic) bond motifs is 5. The van der Waals surface area contributed by atoms with Crippen LogP contribution in [-0.2, 0) is 27.3 Å². The molecule has 3 amide bonds. The average molecular weight is 559 g/mol. The van der Waals surface area contributed by atoms with Crippen LogP contribution in [0.25, 0.3) is 11.2 Å². The summed E-state index contributed by atoms with van der Waals surface area (Å²) in [6.45, 7) is 4.69. The van der Waals surface area contributed by atoms with Gasteiger partial charge in [0.05, 0.1) is 6.54 Å². The lowest BCUT2D eigenvalue weighted by molar-refractivity contribution is -0.145. The summed E-state index contributed by atoms with van der Waals surface area (Å²) in [5.74, 6) is 0.803. The summed E-state index contributed by atoms with van der Waals surface area (Å²) in [6, 6.07) is 12.3. The van der Waals surface area contributed by atoms with Gasteiger partial charge < -0.3 is 20.0 Å². The van der Waals surface area contributed by atoms with Crippen LogP contribution in [0.1, 0.15) is 50.5 Å². The predicted molar refractivity (Wildman–Crippen MR) is 152 cm³/mol. The third kappa shape index (κ3) is 6.27. The Kier molecular flexibility index (Phi) is 8.00. The first-order valence-electron chi connectivity index (χ1n) is 14.8. The first kappa shape index (κ1) is 27.4. The number of aromatic nitrogens is 2. The van der Waals surface area contributed by atoms with Crippen molar-refractivity contribution in [2.75, 3.05) is 19.6 Å². The van der Waals surface area contributed by atoms with Gasteiger partial charge in [-0.15, -0.1) is 0 Å². The van der Waals surface area contributed by atoms with E-state index in [1.165, 1.54) is 0 Å². The van der Waals surface area contributed by atoms with Crippen LogP contribution in [0.5, 0.6) is 0 Å². The fourth-order valence-corrected chi connectivity index (χ4v) is 6.86. The molecule has 2 N–H and O–H groups in total. The second-order valence-electron chi connectivity index (χ2n) is 11.8. The number of nitrogens with one attached hydrogen (secondary N) is 2. The SMILES string of the molecule is C[C@H]1NC(=O)[C@H](CCc2ccccc2)NC(=O)CCC[C@H]2[C@@H]3C[C@@H](CN(Cc4nc5ncccc5o4)C3)CN2C1=O. The largest absolute Gasteiger partial charge is 0.438 e. The second kappa shape index (κ2) is 12.0. The van der Waals surface area contributed by atoms with Crippen LogP contribution in [0.15, 0.2) is 53.1 Å². The highest BCUT2D eigenvalue weighted by Gasteiger charge is 2.44. The maximum absolute atomic E-state index is 13.8. The molecule has 5 atom stereocenters. The highest BCUT2D eigenvalue weighted by Crippen LogP contribution is 2.36. The predicted octanol–water partition coefficient (Wildman–Crippen LogP) is 2.68. The topological polar surface area (TPSA) is 121 Å². The van der Waals surface area contributed by atoms with Crippen molar-refractivity contribution in [3.8, 4) is 0 Å². The Morgan fingerprint density at radius 3 is 2.71 bits per heavy atom. The number of likely N-dealkylation sites (tertiary alicyclic amines) is 1. The van der Waals surface area contributed by atoms with Crippen molar-refractivity contribution in [1.29, 1.82) is 0 Å². The van der Waals surface area contributed by atoms with Crippen molar-refractivity contribution < 1.29 is 18.8 Å². The van der Waals surface area contributed by atoms with Gasteiger partial charge in [0, 0.05) is 38.3 Å². The van der Waals surface area contributed by atoms with E-state index < -0.39 is 12.1 Å². The molecule has 0 unspecified atom stereocenters. The number of benzene rings is 1. The highest BCUT2D eigenvalue weighted by molar-refractivity contribution is 5.92. The minimum absolute atomic E-state index is 0.0207. The molecule has 3 aliphatic heterocycles. The molecule has 5 heterocycles. The summed E-state index contributed by atoms with van der Waals surface area (Å²) in [5, 5.41) is 5.87. The molecule has 2 aromatic heterocycles. The van der Waals surface area contributed by atoms with E-state index in [0.29, 0.717) is 61.8 Å². The molecule has 2 bridgehead atoms. The Labute approximate surface area is 239 Å². The summed E-state index contributed by atoms with van der Waals surface area (Å²) < 4.78 is 5.93. The molecule has 0 aliphatic carbocycles. The maximum Gasteiger partial charge on any atom is 0.245 e. The number of rotatable bonds is 5. The quantitative estimate of drug-likeness (QED) is 0.494. The fourth-order valence-electron chi connectivity index (χ4n) is 6.86. The number of nitrogens with zero attached hydrogens (tertiary/aromatic N) is 4. The number of pyridine rings is 1. The van der Waals surface area contributed by atoms with Gasteiger partial charge in [0.25, 0.3) is 0 Å². The molecule has 1 aromatic carbocycles. The molecule has 3 aliphatic rings. The summed E-state index contributed by atoms with van der Waals surface area (Å²) in [5.41, 5.74) is 2.41. The standard InChI is InChI=1S/C31H38N6O4/c1-20-31(40)37-17-22-15-23(18-36(16-22)19-28-35-29-26(41-28)10-6-14-32-29)25(37)9-5-11-27(38)34-24(30(39)33-20)13-12-21-7-3-2-4-8-21/h2-4,6-8,10,14,20,22-25H,5,9,11-13,15-19H2,1H3,(H,33,39)(H,34,38)/t20-,22+,23-,24+,25+/m1/s1. The average Bonchev–Trinajstić information content (AvgIpc) is 3.38. The summed E-state index contributed by atoms with van der Waals surface area (Å²) in [6.07, 6.45) is 5.66. The molecular formula is C31H38N6O4. The van der Waals surface area contributed by atoms with Crippen LogP contribution in [0, 0.1) is 11.8 Å². The number of amides is 3. The lowest BCUT2D eigenvalue weighted by atomic mass is 9.77. The zero-order valence-corrected chi connectivity index (χ0v) is 23.5. The van der Waals surface area contributed by atoms with Crippen molar-refractivity contribution in [1.82, 2.24) is 30.4 Å². The van der Waals surface area contributed by atoms with Gasteiger partial charge in [0.1, 0.15) is 12.1 Å². The van der Waals surface area contributed by atoms with Crippen LogP contribution in [0.3, 0.4) is 0 Å². The van der Waals surface area contributed by atoms with E-state index in [9.17, 15) is 14.4 Å². The summed E-state index contributed by atoms with van der Waals surface area (Å²) in [4.78, 5) is 53.2. The lowest BCUT2D eigenvalue weighted by Crippen LogP contribution is -2.62. The van der Waals surface area contributed by atoms with Crippen molar-refractivity contribution in [3.63, 3.8) is 0 Å². The first-order valence-corrected chi connectivity index (χ1v) is 14.8. The van der Waals surface area contributed by atoms with Crippen LogP contribution in [0.4, 0.5) is 0 Å². The van der Waals surface area contributed by atoms with E-state index in [4.69, 9.17) is 4.42 Å². The van der Waals surface area contributed by atoms with Gasteiger partial charge in [0.2, 0.25) is 23.6 Å². The van der Waals surface area contributed by atoms with Crippen LogP contribution < -0.4 is 10.6 Å². The molecule has 10 nitrogen and oxygen atoms in total. The van der Waals surface area contributed by atoms with Gasteiger partial charge in [-0.05, 0) is 68.6 Å². The first-order chi connectivity index (χ1) is 19.9. The fraction of sp³-hybridized carbons (Fsp3) is 0.516. The number of carbonyl (C=O) groups excluding carboxylic acids is 3. The number of carbonyl (C=O) groups is 3. The van der Waals surface area contributed by atoms with E-state index in [-0.39, 0.29) is 29.7 Å². The molecule has 3 aromatic rings. The Morgan fingerprint density at radius 1 is 1.02 bits per heavy atom. The second-order valence-corrected chi connectivity index (χ2v) is 11.8. The molecule has 0 radical (unpaired) electrons. The van der Waals surface area contributed by atoms with Crippen molar-refractivity contribution in [2.24, 2.45) is 11.8 Å². The van der Waals surface area contributed by atoms with Crippen molar-refractivity contribution in [2.45, 2.75) is 70.1 Å². The Balaban J connectivity index is 1.14. The minimum Gasteiger partial charge on any atom is -0.438 e. The van der Waals surface area contributed by atoms with E-state index in [1.807, 2.05) is 47.4 Å². The van der Waals surface area contributed by atoms with Gasteiger partial charge in [-0.25, -0.2) is 4.98 Å². The third-order valence-electron chi connectivity index (χ3n) is 8.74. The number of oxazole rings is 1. The van der Waals surface area contributed by atoms with Crippen LogP contribution in [0.2, 0.25) is 0 Å².